The molecule has 0 atom stereocenters. The molecule has 2 amide bonds. The van der Waals surface area contributed by atoms with Crippen LogP contribution in [0.25, 0.3) is 11.1 Å². The van der Waals surface area contributed by atoms with Gasteiger partial charge in [0.15, 0.2) is 0 Å². The van der Waals surface area contributed by atoms with Crippen LogP contribution in [0, 0.1) is 6.92 Å². The van der Waals surface area contributed by atoms with Gasteiger partial charge in [-0.15, -0.1) is 0 Å². The van der Waals surface area contributed by atoms with Gasteiger partial charge in [-0.3, -0.25) is 9.59 Å². The fraction of sp³-hybridized carbons (Fsp3) is 0.500. The molecule has 0 spiro atoms. The number of pyridine rings is 1. The van der Waals surface area contributed by atoms with Crippen LogP contribution in [0.2, 0.25) is 0 Å². The summed E-state index contributed by atoms with van der Waals surface area (Å²) < 4.78 is 5.20. The van der Waals surface area contributed by atoms with Gasteiger partial charge in [0.2, 0.25) is 5.91 Å². The van der Waals surface area contributed by atoms with Crippen LogP contribution in [0.3, 0.4) is 0 Å². The standard InChI is InChI=1S/C16H20N4O3/c1-8(2)12-6-11(14-9(3)20-23-16(14)19-12)15(22)17-7-13(21)18-10-4-5-10/h6,8,10H,4-5,7H2,1-3H3,(H,17,22)(H,18,21). The van der Waals surface area contributed by atoms with Gasteiger partial charge in [-0.05, 0) is 31.7 Å². The summed E-state index contributed by atoms with van der Waals surface area (Å²) in [6.45, 7) is 5.70. The van der Waals surface area contributed by atoms with Gasteiger partial charge in [0.05, 0.1) is 23.2 Å². The van der Waals surface area contributed by atoms with Crippen molar-refractivity contribution in [3.8, 4) is 0 Å². The highest BCUT2D eigenvalue weighted by Gasteiger charge is 2.24. The number of aromatic nitrogens is 2. The van der Waals surface area contributed by atoms with E-state index < -0.39 is 0 Å². The van der Waals surface area contributed by atoms with Crippen molar-refractivity contribution in [2.45, 2.75) is 45.6 Å². The Morgan fingerprint density at radius 1 is 1.39 bits per heavy atom. The van der Waals surface area contributed by atoms with Gasteiger partial charge in [0, 0.05) is 11.7 Å². The highest BCUT2D eigenvalue weighted by Crippen LogP contribution is 2.25. The first-order chi connectivity index (χ1) is 11.0. The Morgan fingerprint density at radius 3 is 2.78 bits per heavy atom. The molecule has 0 bridgehead atoms. The molecule has 1 aliphatic carbocycles. The van der Waals surface area contributed by atoms with E-state index in [1.54, 1.807) is 13.0 Å². The quantitative estimate of drug-likeness (QED) is 0.874. The molecular formula is C16H20N4O3. The average Bonchev–Trinajstić information content (AvgIpc) is 3.25. The molecule has 2 aromatic rings. The number of hydrogen-bond acceptors (Lipinski definition) is 5. The van der Waals surface area contributed by atoms with Crippen LogP contribution >= 0.6 is 0 Å². The first kappa shape index (κ1) is 15.5. The first-order valence-corrected chi connectivity index (χ1v) is 7.80. The molecule has 7 heteroatoms. The highest BCUT2D eigenvalue weighted by atomic mass is 16.5. The molecule has 3 rings (SSSR count). The SMILES string of the molecule is Cc1noc2nc(C(C)C)cc(C(=O)NCC(=O)NC3CC3)c12. The number of nitrogens with zero attached hydrogens (tertiary/aromatic N) is 2. The van der Waals surface area contributed by atoms with Crippen molar-refractivity contribution in [1.29, 1.82) is 0 Å². The number of carbonyl (C=O) groups excluding carboxylic acids is 2. The van der Waals surface area contributed by atoms with Crippen molar-refractivity contribution >= 4 is 22.9 Å². The van der Waals surface area contributed by atoms with Crippen LogP contribution in [0.5, 0.6) is 0 Å². The normalized spacial score (nSPS) is 14.3. The second-order valence-electron chi connectivity index (χ2n) is 6.22. The summed E-state index contributed by atoms with van der Waals surface area (Å²) in [4.78, 5) is 28.6. The molecule has 23 heavy (non-hydrogen) atoms. The third-order valence-electron chi connectivity index (χ3n) is 3.83. The minimum Gasteiger partial charge on any atom is -0.352 e. The molecule has 0 aliphatic heterocycles. The number of nitrogens with one attached hydrogen (secondary N) is 2. The topological polar surface area (TPSA) is 97.1 Å². The number of amides is 2. The van der Waals surface area contributed by atoms with Crippen LogP contribution in [0.4, 0.5) is 0 Å². The van der Waals surface area contributed by atoms with E-state index in [2.05, 4.69) is 20.8 Å². The van der Waals surface area contributed by atoms with E-state index in [0.717, 1.165) is 18.5 Å². The zero-order chi connectivity index (χ0) is 16.6. The molecular weight excluding hydrogens is 296 g/mol. The molecule has 2 aromatic heterocycles. The zero-order valence-corrected chi connectivity index (χ0v) is 13.5. The third kappa shape index (κ3) is 3.33. The van der Waals surface area contributed by atoms with E-state index in [-0.39, 0.29) is 30.3 Å². The lowest BCUT2D eigenvalue weighted by Crippen LogP contribution is -2.37. The molecule has 7 nitrogen and oxygen atoms in total. The van der Waals surface area contributed by atoms with Crippen LogP contribution in [0.1, 0.15) is 54.4 Å². The van der Waals surface area contributed by atoms with Crippen LogP contribution in [-0.2, 0) is 4.79 Å². The van der Waals surface area contributed by atoms with Crippen molar-refractivity contribution in [1.82, 2.24) is 20.8 Å². The number of rotatable bonds is 5. The maximum absolute atomic E-state index is 12.5. The first-order valence-electron chi connectivity index (χ1n) is 7.80. The molecule has 1 fully saturated rings. The van der Waals surface area contributed by atoms with Gasteiger partial charge in [0.25, 0.3) is 11.6 Å². The molecule has 0 radical (unpaired) electrons. The average molecular weight is 316 g/mol. The summed E-state index contributed by atoms with van der Waals surface area (Å²) >= 11 is 0. The summed E-state index contributed by atoms with van der Waals surface area (Å²) in [6.07, 6.45) is 2.03. The number of fused-ring (bicyclic) bond motifs is 1. The van der Waals surface area contributed by atoms with E-state index >= 15 is 0 Å². The van der Waals surface area contributed by atoms with Crippen molar-refractivity contribution in [2.24, 2.45) is 0 Å². The predicted molar refractivity (Wildman–Crippen MR) is 84.1 cm³/mol. The van der Waals surface area contributed by atoms with E-state index in [1.807, 2.05) is 13.8 Å². The summed E-state index contributed by atoms with van der Waals surface area (Å²) in [5, 5.41) is 9.97. The Balaban J connectivity index is 1.82. The van der Waals surface area contributed by atoms with Gasteiger partial charge >= 0.3 is 0 Å². The largest absolute Gasteiger partial charge is 0.352 e. The van der Waals surface area contributed by atoms with Gasteiger partial charge in [-0.2, -0.15) is 0 Å². The second-order valence-corrected chi connectivity index (χ2v) is 6.22. The molecule has 0 aromatic carbocycles. The van der Waals surface area contributed by atoms with Gasteiger partial charge in [0.1, 0.15) is 0 Å². The molecule has 122 valence electrons. The monoisotopic (exact) mass is 316 g/mol. The third-order valence-corrected chi connectivity index (χ3v) is 3.83. The lowest BCUT2D eigenvalue weighted by Gasteiger charge is -2.09. The molecule has 1 saturated carbocycles. The molecule has 1 aliphatic rings. The highest BCUT2D eigenvalue weighted by molar-refractivity contribution is 6.06. The van der Waals surface area contributed by atoms with E-state index in [4.69, 9.17) is 4.52 Å². The van der Waals surface area contributed by atoms with Crippen molar-refractivity contribution in [3.05, 3.63) is 23.0 Å². The minimum atomic E-state index is -0.323. The summed E-state index contributed by atoms with van der Waals surface area (Å²) in [7, 11) is 0. The smallest absolute Gasteiger partial charge is 0.259 e. The summed E-state index contributed by atoms with van der Waals surface area (Å²) in [5.74, 6) is -0.344. The van der Waals surface area contributed by atoms with Crippen LogP contribution in [-0.4, -0.2) is 34.5 Å². The molecule has 2 N–H and O–H groups in total. The molecule has 0 unspecified atom stereocenters. The fourth-order valence-corrected chi connectivity index (χ4v) is 2.35. The Labute approximate surface area is 133 Å². The number of aryl methyl sites for hydroxylation is 1. The Hall–Kier alpha value is -2.44. The zero-order valence-electron chi connectivity index (χ0n) is 13.5. The van der Waals surface area contributed by atoms with Gasteiger partial charge < -0.3 is 15.2 Å². The maximum Gasteiger partial charge on any atom is 0.259 e. The summed E-state index contributed by atoms with van der Waals surface area (Å²) in [5.41, 5.74) is 2.15. The van der Waals surface area contributed by atoms with E-state index in [1.165, 1.54) is 0 Å². The molecule has 2 heterocycles. The van der Waals surface area contributed by atoms with Crippen LogP contribution in [0.15, 0.2) is 10.6 Å². The van der Waals surface area contributed by atoms with Crippen LogP contribution < -0.4 is 10.6 Å². The predicted octanol–water partition coefficient (Wildman–Crippen LogP) is 1.66. The molecule has 0 saturated heterocycles. The number of hydrogen-bond donors (Lipinski definition) is 2. The minimum absolute atomic E-state index is 0.0412. The Morgan fingerprint density at radius 2 is 2.13 bits per heavy atom. The second kappa shape index (κ2) is 5.98. The van der Waals surface area contributed by atoms with Crippen molar-refractivity contribution in [3.63, 3.8) is 0 Å². The van der Waals surface area contributed by atoms with Crippen molar-refractivity contribution < 1.29 is 14.1 Å². The van der Waals surface area contributed by atoms with Crippen molar-refractivity contribution in [2.75, 3.05) is 6.54 Å². The lowest BCUT2D eigenvalue weighted by atomic mass is 10.0. The van der Waals surface area contributed by atoms with Gasteiger partial charge in [-0.25, -0.2) is 4.98 Å². The van der Waals surface area contributed by atoms with Gasteiger partial charge in [-0.1, -0.05) is 19.0 Å². The van der Waals surface area contributed by atoms with E-state index in [0.29, 0.717) is 22.4 Å². The Bertz CT molecular complexity index is 762. The number of carbonyl (C=O) groups is 2. The lowest BCUT2D eigenvalue weighted by molar-refractivity contribution is -0.120. The van der Waals surface area contributed by atoms with E-state index in [9.17, 15) is 9.59 Å². The summed E-state index contributed by atoms with van der Waals surface area (Å²) in [6, 6.07) is 2.02. The maximum atomic E-state index is 12.5. The Kier molecular flexibility index (Phi) is 4.02. The fourth-order valence-electron chi connectivity index (χ4n) is 2.35.